The highest BCUT2D eigenvalue weighted by molar-refractivity contribution is 5.92. The summed E-state index contributed by atoms with van der Waals surface area (Å²) in [6, 6.07) is 14.1. The molecule has 1 aliphatic rings. The molecule has 0 N–H and O–H groups in total. The van der Waals surface area contributed by atoms with Crippen molar-refractivity contribution in [3.8, 4) is 6.07 Å². The SMILES string of the molecule is Cn1nccc1C(=O)N1CCC(C#N)(c2ccccc2)CC1. The second-order valence-electron chi connectivity index (χ2n) is 5.69. The van der Waals surface area contributed by atoms with Crippen molar-refractivity contribution in [1.29, 1.82) is 5.26 Å². The fourth-order valence-electron chi connectivity index (χ4n) is 3.06. The Morgan fingerprint density at radius 1 is 1.23 bits per heavy atom. The van der Waals surface area contributed by atoms with Gasteiger partial charge in [-0.15, -0.1) is 0 Å². The molecule has 0 aliphatic carbocycles. The Labute approximate surface area is 129 Å². The van der Waals surface area contributed by atoms with Gasteiger partial charge in [0.1, 0.15) is 5.69 Å². The van der Waals surface area contributed by atoms with Crippen LogP contribution in [-0.4, -0.2) is 33.7 Å². The molecule has 3 rings (SSSR count). The Morgan fingerprint density at radius 2 is 1.91 bits per heavy atom. The summed E-state index contributed by atoms with van der Waals surface area (Å²) >= 11 is 0. The molecule has 0 saturated carbocycles. The van der Waals surface area contributed by atoms with Gasteiger partial charge in [-0.2, -0.15) is 10.4 Å². The quantitative estimate of drug-likeness (QED) is 0.852. The number of aromatic nitrogens is 2. The van der Waals surface area contributed by atoms with E-state index in [1.54, 1.807) is 24.0 Å². The molecular formula is C17H18N4O. The van der Waals surface area contributed by atoms with Gasteiger partial charge in [0.15, 0.2) is 0 Å². The molecular weight excluding hydrogens is 276 g/mol. The van der Waals surface area contributed by atoms with E-state index in [0.717, 1.165) is 5.56 Å². The third-order valence-corrected chi connectivity index (χ3v) is 4.48. The summed E-state index contributed by atoms with van der Waals surface area (Å²) in [5, 5.41) is 13.7. The number of carbonyl (C=O) groups is 1. The number of hydrogen-bond acceptors (Lipinski definition) is 3. The molecule has 0 radical (unpaired) electrons. The average molecular weight is 294 g/mol. The highest BCUT2D eigenvalue weighted by Gasteiger charge is 2.38. The van der Waals surface area contributed by atoms with Gasteiger partial charge in [-0.3, -0.25) is 9.48 Å². The summed E-state index contributed by atoms with van der Waals surface area (Å²) < 4.78 is 1.59. The largest absolute Gasteiger partial charge is 0.337 e. The van der Waals surface area contributed by atoms with Crippen molar-refractivity contribution < 1.29 is 4.79 Å². The summed E-state index contributed by atoms with van der Waals surface area (Å²) in [6.07, 6.45) is 2.95. The lowest BCUT2D eigenvalue weighted by Crippen LogP contribution is -2.45. The number of rotatable bonds is 2. The minimum Gasteiger partial charge on any atom is -0.337 e. The maximum absolute atomic E-state index is 12.5. The van der Waals surface area contributed by atoms with Gasteiger partial charge < -0.3 is 4.90 Å². The van der Waals surface area contributed by atoms with Crippen LogP contribution < -0.4 is 0 Å². The summed E-state index contributed by atoms with van der Waals surface area (Å²) in [5.41, 5.74) is 1.15. The van der Waals surface area contributed by atoms with E-state index < -0.39 is 5.41 Å². The Bertz CT molecular complexity index is 706. The van der Waals surface area contributed by atoms with Gasteiger partial charge in [-0.05, 0) is 24.5 Å². The first kappa shape index (κ1) is 14.3. The number of nitrogens with zero attached hydrogens (tertiary/aromatic N) is 4. The topological polar surface area (TPSA) is 61.9 Å². The monoisotopic (exact) mass is 294 g/mol. The van der Waals surface area contributed by atoms with Crippen LogP contribution in [0.5, 0.6) is 0 Å². The molecule has 2 aromatic rings. The van der Waals surface area contributed by atoms with Crippen LogP contribution in [0.1, 0.15) is 28.9 Å². The molecule has 1 aliphatic heterocycles. The van der Waals surface area contributed by atoms with E-state index in [1.165, 1.54) is 0 Å². The van der Waals surface area contributed by atoms with Gasteiger partial charge in [0.2, 0.25) is 0 Å². The second-order valence-corrected chi connectivity index (χ2v) is 5.69. The first-order valence-electron chi connectivity index (χ1n) is 7.40. The van der Waals surface area contributed by atoms with E-state index in [2.05, 4.69) is 11.2 Å². The van der Waals surface area contributed by atoms with E-state index in [0.29, 0.717) is 31.6 Å². The zero-order valence-corrected chi connectivity index (χ0v) is 12.6. The van der Waals surface area contributed by atoms with Crippen LogP contribution in [0.15, 0.2) is 42.6 Å². The summed E-state index contributed by atoms with van der Waals surface area (Å²) in [7, 11) is 1.76. The molecule has 5 heteroatoms. The summed E-state index contributed by atoms with van der Waals surface area (Å²) in [4.78, 5) is 14.3. The standard InChI is InChI=1S/C17H18N4O/c1-20-15(7-10-19-20)16(22)21-11-8-17(13-18,9-12-21)14-5-3-2-4-6-14/h2-7,10H,8-9,11-12H2,1H3. The van der Waals surface area contributed by atoms with Gasteiger partial charge in [0.05, 0.1) is 11.5 Å². The van der Waals surface area contributed by atoms with Crippen LogP contribution in [-0.2, 0) is 12.5 Å². The van der Waals surface area contributed by atoms with Gasteiger partial charge in [0.25, 0.3) is 5.91 Å². The molecule has 0 bridgehead atoms. The molecule has 0 atom stereocenters. The number of likely N-dealkylation sites (tertiary alicyclic amines) is 1. The molecule has 1 saturated heterocycles. The highest BCUT2D eigenvalue weighted by Crippen LogP contribution is 2.35. The van der Waals surface area contributed by atoms with Crippen LogP contribution >= 0.6 is 0 Å². The molecule has 5 nitrogen and oxygen atoms in total. The zero-order chi connectivity index (χ0) is 15.6. The van der Waals surface area contributed by atoms with Crippen molar-refractivity contribution >= 4 is 5.91 Å². The van der Waals surface area contributed by atoms with Gasteiger partial charge in [0, 0.05) is 26.3 Å². The Hall–Kier alpha value is -2.61. The second kappa shape index (κ2) is 5.64. The minimum atomic E-state index is -0.482. The molecule has 1 aromatic heterocycles. The van der Waals surface area contributed by atoms with Crippen LogP contribution in [0.3, 0.4) is 0 Å². The first-order chi connectivity index (χ1) is 10.7. The smallest absolute Gasteiger partial charge is 0.272 e. The first-order valence-corrected chi connectivity index (χ1v) is 7.40. The zero-order valence-electron chi connectivity index (χ0n) is 12.6. The van der Waals surface area contributed by atoms with Crippen LogP contribution in [0.25, 0.3) is 0 Å². The van der Waals surface area contributed by atoms with Crippen molar-refractivity contribution in [2.24, 2.45) is 7.05 Å². The van der Waals surface area contributed by atoms with Crippen molar-refractivity contribution in [3.63, 3.8) is 0 Å². The Kier molecular flexibility index (Phi) is 3.68. The number of nitriles is 1. The number of hydrogen-bond donors (Lipinski definition) is 0. The predicted molar refractivity (Wildman–Crippen MR) is 82.1 cm³/mol. The van der Waals surface area contributed by atoms with E-state index >= 15 is 0 Å². The number of aryl methyl sites for hydroxylation is 1. The van der Waals surface area contributed by atoms with Crippen LogP contribution in [0.4, 0.5) is 0 Å². The molecule has 2 heterocycles. The fourth-order valence-corrected chi connectivity index (χ4v) is 3.06. The van der Waals surface area contributed by atoms with Gasteiger partial charge in [-0.1, -0.05) is 30.3 Å². The maximum atomic E-state index is 12.5. The lowest BCUT2D eigenvalue weighted by atomic mass is 9.74. The third kappa shape index (κ3) is 2.37. The minimum absolute atomic E-state index is 0.0143. The van der Waals surface area contributed by atoms with E-state index in [1.807, 2.05) is 35.2 Å². The lowest BCUT2D eigenvalue weighted by molar-refractivity contribution is 0.0681. The van der Waals surface area contributed by atoms with E-state index in [-0.39, 0.29) is 5.91 Å². The molecule has 112 valence electrons. The van der Waals surface area contributed by atoms with Crippen LogP contribution in [0, 0.1) is 11.3 Å². The predicted octanol–water partition coefficient (Wildman–Crippen LogP) is 2.12. The normalized spacial score (nSPS) is 17.0. The molecule has 22 heavy (non-hydrogen) atoms. The molecule has 1 amide bonds. The van der Waals surface area contributed by atoms with E-state index in [9.17, 15) is 10.1 Å². The van der Waals surface area contributed by atoms with Crippen molar-refractivity contribution in [3.05, 3.63) is 53.9 Å². The van der Waals surface area contributed by atoms with Crippen molar-refractivity contribution in [1.82, 2.24) is 14.7 Å². The Balaban J connectivity index is 1.76. The van der Waals surface area contributed by atoms with Gasteiger partial charge >= 0.3 is 0 Å². The van der Waals surface area contributed by atoms with Gasteiger partial charge in [-0.25, -0.2) is 0 Å². The summed E-state index contributed by atoms with van der Waals surface area (Å²) in [5.74, 6) is -0.0143. The lowest BCUT2D eigenvalue weighted by Gasteiger charge is -2.37. The maximum Gasteiger partial charge on any atom is 0.272 e. The van der Waals surface area contributed by atoms with Crippen molar-refractivity contribution in [2.45, 2.75) is 18.3 Å². The van der Waals surface area contributed by atoms with E-state index in [4.69, 9.17) is 0 Å². The highest BCUT2D eigenvalue weighted by atomic mass is 16.2. The molecule has 0 unspecified atom stereocenters. The number of carbonyl (C=O) groups excluding carboxylic acids is 1. The number of benzene rings is 1. The summed E-state index contributed by atoms with van der Waals surface area (Å²) in [6.45, 7) is 1.18. The number of amides is 1. The Morgan fingerprint density at radius 3 is 2.45 bits per heavy atom. The number of piperidine rings is 1. The average Bonchev–Trinajstić information content (AvgIpc) is 3.01. The third-order valence-electron chi connectivity index (χ3n) is 4.48. The molecule has 1 aromatic carbocycles. The van der Waals surface area contributed by atoms with Crippen LogP contribution in [0.2, 0.25) is 0 Å². The fraction of sp³-hybridized carbons (Fsp3) is 0.353. The molecule has 0 spiro atoms. The molecule has 1 fully saturated rings. The van der Waals surface area contributed by atoms with Crippen molar-refractivity contribution in [2.75, 3.05) is 13.1 Å².